The molecule has 0 radical (unpaired) electrons. The SMILES string of the molecule is COc1ccc(NCC(O)(c2ccccc2)c2ccccc2)cc1. The number of methoxy groups -OCH3 is 1. The fraction of sp³-hybridized carbons (Fsp3) is 0.143. The maximum absolute atomic E-state index is 11.4. The Kier molecular flexibility index (Phi) is 4.82. The summed E-state index contributed by atoms with van der Waals surface area (Å²) in [7, 11) is 1.64. The fourth-order valence-corrected chi connectivity index (χ4v) is 2.74. The second-order valence-corrected chi connectivity index (χ2v) is 5.67. The van der Waals surface area contributed by atoms with E-state index in [0.717, 1.165) is 22.6 Å². The molecule has 0 bridgehead atoms. The molecule has 0 spiro atoms. The van der Waals surface area contributed by atoms with Gasteiger partial charge in [-0.25, -0.2) is 0 Å². The van der Waals surface area contributed by atoms with Gasteiger partial charge in [0.2, 0.25) is 0 Å². The minimum Gasteiger partial charge on any atom is -0.497 e. The van der Waals surface area contributed by atoms with Crippen LogP contribution in [-0.2, 0) is 5.60 Å². The number of hydrogen-bond donors (Lipinski definition) is 2. The lowest BCUT2D eigenvalue weighted by molar-refractivity contribution is 0.0950. The molecule has 0 aliphatic rings. The third-order valence-corrected chi connectivity index (χ3v) is 4.14. The van der Waals surface area contributed by atoms with E-state index in [9.17, 15) is 5.11 Å². The van der Waals surface area contributed by atoms with Crippen molar-refractivity contribution in [1.29, 1.82) is 0 Å². The Morgan fingerprint density at radius 2 is 1.29 bits per heavy atom. The van der Waals surface area contributed by atoms with Gasteiger partial charge in [-0.1, -0.05) is 60.7 Å². The number of aliphatic hydroxyl groups is 1. The summed E-state index contributed by atoms with van der Waals surface area (Å²) in [6.07, 6.45) is 0. The van der Waals surface area contributed by atoms with Crippen molar-refractivity contribution < 1.29 is 9.84 Å². The van der Waals surface area contributed by atoms with Gasteiger partial charge >= 0.3 is 0 Å². The lowest BCUT2D eigenvalue weighted by Crippen LogP contribution is -2.35. The quantitative estimate of drug-likeness (QED) is 0.720. The summed E-state index contributed by atoms with van der Waals surface area (Å²) in [5.41, 5.74) is 1.54. The highest BCUT2D eigenvalue weighted by molar-refractivity contribution is 5.48. The van der Waals surface area contributed by atoms with E-state index in [-0.39, 0.29) is 0 Å². The van der Waals surface area contributed by atoms with Crippen LogP contribution in [0.2, 0.25) is 0 Å². The van der Waals surface area contributed by atoms with E-state index in [2.05, 4.69) is 5.32 Å². The Bertz CT molecular complexity index is 715. The molecule has 3 aromatic carbocycles. The molecule has 24 heavy (non-hydrogen) atoms. The van der Waals surface area contributed by atoms with Gasteiger partial charge in [0.1, 0.15) is 11.4 Å². The molecule has 0 saturated heterocycles. The number of benzene rings is 3. The molecule has 3 rings (SSSR count). The van der Waals surface area contributed by atoms with E-state index in [0.29, 0.717) is 6.54 Å². The number of nitrogens with one attached hydrogen (secondary N) is 1. The molecule has 3 nitrogen and oxygen atoms in total. The Balaban J connectivity index is 1.88. The number of ether oxygens (including phenoxy) is 1. The van der Waals surface area contributed by atoms with Gasteiger partial charge in [0.25, 0.3) is 0 Å². The molecule has 2 N–H and O–H groups in total. The van der Waals surface area contributed by atoms with Crippen LogP contribution in [0.5, 0.6) is 5.75 Å². The standard InChI is InChI=1S/C21H21NO2/c1-24-20-14-12-19(13-15-20)22-16-21(23,17-8-4-2-5-9-17)18-10-6-3-7-11-18/h2-15,22-23H,16H2,1H3. The van der Waals surface area contributed by atoms with E-state index >= 15 is 0 Å². The molecule has 0 saturated carbocycles. The molecule has 0 heterocycles. The van der Waals surface area contributed by atoms with Crippen LogP contribution < -0.4 is 10.1 Å². The Morgan fingerprint density at radius 1 is 0.792 bits per heavy atom. The molecule has 0 aliphatic carbocycles. The van der Waals surface area contributed by atoms with Crippen molar-refractivity contribution in [1.82, 2.24) is 0 Å². The van der Waals surface area contributed by atoms with Crippen molar-refractivity contribution in [3.05, 3.63) is 96.1 Å². The summed E-state index contributed by atoms with van der Waals surface area (Å²) in [4.78, 5) is 0. The van der Waals surface area contributed by atoms with Crippen LogP contribution in [0.1, 0.15) is 11.1 Å². The average molecular weight is 319 g/mol. The summed E-state index contributed by atoms with van der Waals surface area (Å²) in [6, 6.07) is 27.1. The van der Waals surface area contributed by atoms with Crippen molar-refractivity contribution in [2.75, 3.05) is 19.0 Å². The first-order chi connectivity index (χ1) is 11.7. The van der Waals surface area contributed by atoms with Crippen LogP contribution in [0.25, 0.3) is 0 Å². The zero-order valence-electron chi connectivity index (χ0n) is 13.6. The van der Waals surface area contributed by atoms with Crippen molar-refractivity contribution >= 4 is 5.69 Å². The first-order valence-corrected chi connectivity index (χ1v) is 7.94. The van der Waals surface area contributed by atoms with Crippen LogP contribution in [0.4, 0.5) is 5.69 Å². The van der Waals surface area contributed by atoms with E-state index < -0.39 is 5.60 Å². The topological polar surface area (TPSA) is 41.5 Å². The zero-order valence-corrected chi connectivity index (χ0v) is 13.6. The fourth-order valence-electron chi connectivity index (χ4n) is 2.74. The normalized spacial score (nSPS) is 11.1. The van der Waals surface area contributed by atoms with Gasteiger partial charge in [-0.3, -0.25) is 0 Å². The van der Waals surface area contributed by atoms with Crippen molar-refractivity contribution in [2.45, 2.75) is 5.60 Å². The molecule has 3 heteroatoms. The third-order valence-electron chi connectivity index (χ3n) is 4.14. The molecule has 0 amide bonds. The summed E-state index contributed by atoms with van der Waals surface area (Å²) in [5.74, 6) is 0.807. The molecular formula is C21H21NO2. The summed E-state index contributed by atoms with van der Waals surface area (Å²) < 4.78 is 5.18. The second kappa shape index (κ2) is 7.20. The number of rotatable bonds is 6. The van der Waals surface area contributed by atoms with Gasteiger partial charge in [-0.2, -0.15) is 0 Å². The van der Waals surface area contributed by atoms with Crippen LogP contribution >= 0.6 is 0 Å². The van der Waals surface area contributed by atoms with E-state index in [1.165, 1.54) is 0 Å². The Labute approximate surface area is 142 Å². The average Bonchev–Trinajstić information content (AvgIpc) is 2.68. The van der Waals surface area contributed by atoms with Crippen LogP contribution in [0, 0.1) is 0 Å². The smallest absolute Gasteiger partial charge is 0.132 e. The highest BCUT2D eigenvalue weighted by atomic mass is 16.5. The van der Waals surface area contributed by atoms with Crippen molar-refractivity contribution in [2.24, 2.45) is 0 Å². The van der Waals surface area contributed by atoms with Gasteiger partial charge in [0, 0.05) is 5.69 Å². The van der Waals surface area contributed by atoms with Crippen molar-refractivity contribution in [3.63, 3.8) is 0 Å². The third kappa shape index (κ3) is 3.42. The molecular weight excluding hydrogens is 298 g/mol. The Hall–Kier alpha value is -2.78. The van der Waals surface area contributed by atoms with Gasteiger partial charge in [0.15, 0.2) is 0 Å². The van der Waals surface area contributed by atoms with Gasteiger partial charge in [0.05, 0.1) is 13.7 Å². The zero-order chi connectivity index (χ0) is 16.8. The molecule has 122 valence electrons. The lowest BCUT2D eigenvalue weighted by Gasteiger charge is -2.30. The first-order valence-electron chi connectivity index (χ1n) is 7.94. The molecule has 0 aliphatic heterocycles. The maximum Gasteiger partial charge on any atom is 0.132 e. The minimum atomic E-state index is -1.11. The predicted octanol–water partition coefficient (Wildman–Crippen LogP) is 4.04. The summed E-state index contributed by atoms with van der Waals surface area (Å²) in [5, 5.41) is 14.8. The maximum atomic E-state index is 11.4. The van der Waals surface area contributed by atoms with Crippen LogP contribution in [-0.4, -0.2) is 18.8 Å². The molecule has 0 aromatic heterocycles. The molecule has 0 fully saturated rings. The van der Waals surface area contributed by atoms with E-state index in [1.54, 1.807) is 7.11 Å². The van der Waals surface area contributed by atoms with Crippen LogP contribution in [0.3, 0.4) is 0 Å². The minimum absolute atomic E-state index is 0.368. The molecule has 0 atom stereocenters. The van der Waals surface area contributed by atoms with Crippen LogP contribution in [0.15, 0.2) is 84.9 Å². The van der Waals surface area contributed by atoms with Gasteiger partial charge in [-0.15, -0.1) is 0 Å². The second-order valence-electron chi connectivity index (χ2n) is 5.67. The van der Waals surface area contributed by atoms with Gasteiger partial charge in [-0.05, 0) is 35.4 Å². The largest absolute Gasteiger partial charge is 0.497 e. The predicted molar refractivity (Wildman–Crippen MR) is 97.4 cm³/mol. The van der Waals surface area contributed by atoms with Crippen molar-refractivity contribution in [3.8, 4) is 5.75 Å². The molecule has 3 aromatic rings. The highest BCUT2D eigenvalue weighted by Gasteiger charge is 2.31. The highest BCUT2D eigenvalue weighted by Crippen LogP contribution is 2.30. The lowest BCUT2D eigenvalue weighted by atomic mass is 9.86. The van der Waals surface area contributed by atoms with E-state index in [4.69, 9.17) is 4.74 Å². The summed E-state index contributed by atoms with van der Waals surface area (Å²) in [6.45, 7) is 0.368. The van der Waals surface area contributed by atoms with Gasteiger partial charge < -0.3 is 15.2 Å². The summed E-state index contributed by atoms with van der Waals surface area (Å²) >= 11 is 0. The first kappa shape index (κ1) is 16.1. The number of anilines is 1. The molecule has 0 unspecified atom stereocenters. The Morgan fingerprint density at radius 3 is 1.75 bits per heavy atom. The number of hydrogen-bond acceptors (Lipinski definition) is 3. The van der Waals surface area contributed by atoms with E-state index in [1.807, 2.05) is 84.9 Å². The monoisotopic (exact) mass is 319 g/mol.